The van der Waals surface area contributed by atoms with Crippen LogP contribution in [0.3, 0.4) is 0 Å². The first kappa shape index (κ1) is 23.7. The van der Waals surface area contributed by atoms with Crippen LogP contribution in [0.4, 0.5) is 5.95 Å². The van der Waals surface area contributed by atoms with Crippen LogP contribution in [0.5, 0.6) is 0 Å². The van der Waals surface area contributed by atoms with Gasteiger partial charge in [0, 0.05) is 29.9 Å². The van der Waals surface area contributed by atoms with Crippen molar-refractivity contribution in [3.8, 4) is 11.3 Å². The van der Waals surface area contributed by atoms with Gasteiger partial charge in [-0.05, 0) is 37.5 Å². The summed E-state index contributed by atoms with van der Waals surface area (Å²) in [5.41, 5.74) is 4.79. The van der Waals surface area contributed by atoms with Crippen molar-refractivity contribution in [2.24, 2.45) is 0 Å². The number of aromatic amines is 1. The topological polar surface area (TPSA) is 133 Å². The van der Waals surface area contributed by atoms with Gasteiger partial charge in [-0.25, -0.2) is 14.8 Å². The lowest BCUT2D eigenvalue weighted by Gasteiger charge is -2.17. The lowest BCUT2D eigenvalue weighted by atomic mass is 9.98. The quantitative estimate of drug-likeness (QED) is 0.288. The molecular formula is C26H27N5O4. The van der Waals surface area contributed by atoms with Gasteiger partial charge in [-0.3, -0.25) is 4.79 Å². The Morgan fingerprint density at radius 3 is 2.43 bits per heavy atom. The summed E-state index contributed by atoms with van der Waals surface area (Å²) in [6.07, 6.45) is 5.16. The van der Waals surface area contributed by atoms with Crippen molar-refractivity contribution in [3.63, 3.8) is 0 Å². The smallest absolute Gasteiger partial charge is 0.326 e. The van der Waals surface area contributed by atoms with Crippen LogP contribution in [0.15, 0.2) is 59.4 Å². The second-order valence-electron chi connectivity index (χ2n) is 8.45. The highest BCUT2D eigenvalue weighted by Gasteiger charge is 2.23. The van der Waals surface area contributed by atoms with Crippen molar-refractivity contribution in [2.75, 3.05) is 5.32 Å². The molecule has 2 aromatic carbocycles. The molecule has 9 heteroatoms. The fourth-order valence-electron chi connectivity index (χ4n) is 4.06. The first-order chi connectivity index (χ1) is 16.8. The van der Waals surface area contributed by atoms with Gasteiger partial charge in [0.15, 0.2) is 5.76 Å². The summed E-state index contributed by atoms with van der Waals surface area (Å²) in [5.74, 6) is 0.258. The summed E-state index contributed by atoms with van der Waals surface area (Å²) in [6, 6.07) is 10.1. The number of imidazole rings is 1. The number of carbonyl (C=O) groups excluding carboxylic acids is 1. The number of carboxylic acids is 1. The summed E-state index contributed by atoms with van der Waals surface area (Å²) in [7, 11) is 0. The van der Waals surface area contributed by atoms with E-state index >= 15 is 0 Å². The van der Waals surface area contributed by atoms with E-state index in [1.54, 1.807) is 18.6 Å². The third-order valence-corrected chi connectivity index (χ3v) is 5.64. The number of nitrogens with one attached hydrogen (secondary N) is 3. The van der Waals surface area contributed by atoms with Gasteiger partial charge in [0.25, 0.3) is 5.91 Å². The van der Waals surface area contributed by atoms with Gasteiger partial charge in [-0.2, -0.15) is 0 Å². The highest BCUT2D eigenvalue weighted by Crippen LogP contribution is 2.22. The van der Waals surface area contributed by atoms with Gasteiger partial charge in [0.2, 0.25) is 11.8 Å². The molecule has 0 aliphatic heterocycles. The zero-order valence-corrected chi connectivity index (χ0v) is 19.8. The first-order valence-corrected chi connectivity index (χ1v) is 11.2. The van der Waals surface area contributed by atoms with Gasteiger partial charge >= 0.3 is 5.97 Å². The van der Waals surface area contributed by atoms with E-state index in [0.717, 1.165) is 27.8 Å². The molecule has 0 aliphatic carbocycles. The second-order valence-corrected chi connectivity index (χ2v) is 8.45. The molecule has 2 heterocycles. The molecule has 0 bridgehead atoms. The average molecular weight is 474 g/mol. The Bertz CT molecular complexity index is 1300. The molecule has 4 rings (SSSR count). The monoisotopic (exact) mass is 473 g/mol. The van der Waals surface area contributed by atoms with E-state index in [4.69, 9.17) is 4.42 Å². The molecule has 0 aliphatic rings. The van der Waals surface area contributed by atoms with Crippen LogP contribution in [0.2, 0.25) is 0 Å². The van der Waals surface area contributed by atoms with Crippen molar-refractivity contribution in [1.82, 2.24) is 20.3 Å². The van der Waals surface area contributed by atoms with Crippen LogP contribution in [0.1, 0.15) is 38.5 Å². The number of hydrogen-bond acceptors (Lipinski definition) is 6. The molecule has 1 atom stereocenters. The van der Waals surface area contributed by atoms with Crippen molar-refractivity contribution in [2.45, 2.75) is 39.8 Å². The first-order valence-electron chi connectivity index (χ1n) is 11.2. The van der Waals surface area contributed by atoms with Crippen LogP contribution in [0, 0.1) is 20.8 Å². The van der Waals surface area contributed by atoms with Crippen molar-refractivity contribution in [3.05, 3.63) is 88.7 Å². The maximum absolute atomic E-state index is 12.9. The predicted molar refractivity (Wildman–Crippen MR) is 131 cm³/mol. The molecular weight excluding hydrogens is 446 g/mol. The number of aliphatic carboxylic acids is 1. The zero-order chi connectivity index (χ0) is 24.9. The van der Waals surface area contributed by atoms with Crippen LogP contribution in [-0.2, 0) is 17.8 Å². The molecule has 0 radical (unpaired) electrons. The predicted octanol–water partition coefficient (Wildman–Crippen LogP) is 4.03. The molecule has 2 aromatic heterocycles. The van der Waals surface area contributed by atoms with Gasteiger partial charge in [0.1, 0.15) is 6.04 Å². The summed E-state index contributed by atoms with van der Waals surface area (Å²) in [4.78, 5) is 36.0. The minimum absolute atomic E-state index is 0.153. The SMILES string of the molecule is Cc1cc(C)c(C(=O)NC(Cc2ccc(-c3cnc(CNc4ncc[nH]4)o3)cc2)C(=O)O)c(C)c1. The van der Waals surface area contributed by atoms with E-state index in [-0.39, 0.29) is 12.3 Å². The molecule has 0 saturated carbocycles. The number of carboxylic acid groups (broad SMARTS) is 1. The normalized spacial score (nSPS) is 11.7. The fourth-order valence-corrected chi connectivity index (χ4v) is 4.06. The number of anilines is 1. The minimum atomic E-state index is -1.09. The standard InChI is InChI=1S/C26H27N5O4/c1-15-10-16(2)23(17(3)11-15)24(32)31-20(25(33)34)12-18-4-6-19(7-5-18)21-13-29-22(35-21)14-30-26-27-8-9-28-26/h4-11,13,20H,12,14H2,1-3H3,(H,31,32)(H,33,34)(H2,27,28,30). The van der Waals surface area contributed by atoms with E-state index < -0.39 is 12.0 Å². The second kappa shape index (κ2) is 10.3. The number of H-pyrrole nitrogens is 1. The molecule has 0 saturated heterocycles. The number of amides is 1. The molecule has 1 unspecified atom stereocenters. The Morgan fingerprint density at radius 1 is 1.09 bits per heavy atom. The van der Waals surface area contributed by atoms with Crippen molar-refractivity contribution in [1.29, 1.82) is 0 Å². The zero-order valence-electron chi connectivity index (χ0n) is 19.8. The summed E-state index contributed by atoms with van der Waals surface area (Å²) in [6.45, 7) is 6.05. The molecule has 0 fully saturated rings. The third kappa shape index (κ3) is 5.75. The number of aromatic nitrogens is 3. The Balaban J connectivity index is 1.41. The number of aryl methyl sites for hydroxylation is 3. The van der Waals surface area contributed by atoms with Gasteiger partial charge in [-0.1, -0.05) is 42.0 Å². The number of benzene rings is 2. The Hall–Kier alpha value is -4.40. The molecule has 4 aromatic rings. The summed E-state index contributed by atoms with van der Waals surface area (Å²) >= 11 is 0. The maximum atomic E-state index is 12.9. The lowest BCUT2D eigenvalue weighted by Crippen LogP contribution is -2.42. The van der Waals surface area contributed by atoms with E-state index in [1.165, 1.54) is 0 Å². The summed E-state index contributed by atoms with van der Waals surface area (Å²) in [5, 5.41) is 15.5. The van der Waals surface area contributed by atoms with E-state index in [1.807, 2.05) is 57.2 Å². The van der Waals surface area contributed by atoms with E-state index in [9.17, 15) is 14.7 Å². The number of carbonyl (C=O) groups is 2. The summed E-state index contributed by atoms with van der Waals surface area (Å²) < 4.78 is 5.79. The molecule has 35 heavy (non-hydrogen) atoms. The fraction of sp³-hybridized carbons (Fsp3) is 0.231. The number of nitrogens with zero attached hydrogens (tertiary/aromatic N) is 2. The lowest BCUT2D eigenvalue weighted by molar-refractivity contribution is -0.139. The Kier molecular flexibility index (Phi) is 6.96. The van der Waals surface area contributed by atoms with Crippen LogP contribution < -0.4 is 10.6 Å². The van der Waals surface area contributed by atoms with Crippen LogP contribution >= 0.6 is 0 Å². The molecule has 1 amide bonds. The number of hydrogen-bond donors (Lipinski definition) is 4. The number of oxazole rings is 1. The average Bonchev–Trinajstić information content (AvgIpc) is 3.49. The van der Waals surface area contributed by atoms with Crippen molar-refractivity contribution < 1.29 is 19.1 Å². The van der Waals surface area contributed by atoms with E-state index in [0.29, 0.717) is 29.7 Å². The largest absolute Gasteiger partial charge is 0.480 e. The van der Waals surface area contributed by atoms with Crippen molar-refractivity contribution >= 4 is 17.8 Å². The number of rotatable bonds is 9. The Labute approximate surface area is 202 Å². The van der Waals surface area contributed by atoms with E-state index in [2.05, 4.69) is 25.6 Å². The van der Waals surface area contributed by atoms with Gasteiger partial charge in [-0.15, -0.1) is 0 Å². The molecule has 0 spiro atoms. The van der Waals surface area contributed by atoms with Crippen LogP contribution in [0.25, 0.3) is 11.3 Å². The minimum Gasteiger partial charge on any atom is -0.480 e. The van der Waals surface area contributed by atoms with Crippen LogP contribution in [-0.4, -0.2) is 38.0 Å². The Morgan fingerprint density at radius 2 is 1.80 bits per heavy atom. The highest BCUT2D eigenvalue weighted by molar-refractivity contribution is 5.99. The molecule has 180 valence electrons. The van der Waals surface area contributed by atoms with Gasteiger partial charge < -0.3 is 25.1 Å². The molecule has 9 nitrogen and oxygen atoms in total. The maximum Gasteiger partial charge on any atom is 0.326 e. The van der Waals surface area contributed by atoms with Gasteiger partial charge in [0.05, 0.1) is 12.7 Å². The highest BCUT2D eigenvalue weighted by atomic mass is 16.4. The molecule has 4 N–H and O–H groups in total. The third-order valence-electron chi connectivity index (χ3n) is 5.64.